The molecule has 2 aliphatic rings. The SMILES string of the molecule is CC(C)(C)OC(=O)N1CC2C(N)[C@@H]2C1. The van der Waals surface area contributed by atoms with Crippen LogP contribution in [-0.2, 0) is 4.74 Å². The van der Waals surface area contributed by atoms with Crippen LogP contribution < -0.4 is 5.73 Å². The summed E-state index contributed by atoms with van der Waals surface area (Å²) in [6.07, 6.45) is -0.197. The Balaban J connectivity index is 1.84. The fraction of sp³-hybridized carbons (Fsp3) is 0.900. The monoisotopic (exact) mass is 198 g/mol. The molecule has 0 aromatic rings. The second-order valence-corrected chi connectivity index (χ2v) is 5.29. The van der Waals surface area contributed by atoms with E-state index < -0.39 is 5.60 Å². The normalized spacial score (nSPS) is 35.4. The topological polar surface area (TPSA) is 55.6 Å². The highest BCUT2D eigenvalue weighted by Gasteiger charge is 2.55. The second-order valence-electron chi connectivity index (χ2n) is 5.29. The fourth-order valence-electron chi connectivity index (χ4n) is 2.05. The zero-order valence-electron chi connectivity index (χ0n) is 8.99. The largest absolute Gasteiger partial charge is 0.444 e. The van der Waals surface area contributed by atoms with Gasteiger partial charge in [-0.15, -0.1) is 0 Å². The van der Waals surface area contributed by atoms with E-state index in [-0.39, 0.29) is 6.09 Å². The number of likely N-dealkylation sites (tertiary alicyclic amines) is 1. The summed E-state index contributed by atoms with van der Waals surface area (Å²) in [5, 5.41) is 0. The summed E-state index contributed by atoms with van der Waals surface area (Å²) in [5.41, 5.74) is 5.39. The molecule has 2 unspecified atom stereocenters. The van der Waals surface area contributed by atoms with Gasteiger partial charge in [-0.1, -0.05) is 0 Å². The predicted molar refractivity (Wildman–Crippen MR) is 52.8 cm³/mol. The van der Waals surface area contributed by atoms with Crippen molar-refractivity contribution in [1.82, 2.24) is 4.90 Å². The van der Waals surface area contributed by atoms with Crippen molar-refractivity contribution >= 4 is 6.09 Å². The first-order valence-electron chi connectivity index (χ1n) is 5.12. The van der Waals surface area contributed by atoms with Crippen LogP contribution in [-0.4, -0.2) is 35.7 Å². The zero-order valence-corrected chi connectivity index (χ0v) is 8.99. The van der Waals surface area contributed by atoms with Crippen molar-refractivity contribution in [3.8, 4) is 0 Å². The van der Waals surface area contributed by atoms with Crippen molar-refractivity contribution in [1.29, 1.82) is 0 Å². The number of nitrogens with zero attached hydrogens (tertiary/aromatic N) is 1. The standard InChI is InChI=1S/C10H18N2O2/c1-10(2,3)14-9(13)12-4-6-7(5-12)8(6)11/h6-8H,4-5,11H2,1-3H3/t6-,7?,8?/m1/s1. The summed E-state index contributed by atoms with van der Waals surface area (Å²) in [6, 6.07) is 0.327. The number of hydrogen-bond donors (Lipinski definition) is 1. The third-order valence-electron chi connectivity index (χ3n) is 2.91. The molecule has 1 aliphatic carbocycles. The summed E-state index contributed by atoms with van der Waals surface area (Å²) in [7, 11) is 0. The number of hydrogen-bond acceptors (Lipinski definition) is 3. The molecule has 1 heterocycles. The lowest BCUT2D eigenvalue weighted by Gasteiger charge is -2.25. The fourth-order valence-corrected chi connectivity index (χ4v) is 2.05. The molecule has 1 aliphatic heterocycles. The van der Waals surface area contributed by atoms with Crippen LogP contribution >= 0.6 is 0 Å². The first kappa shape index (κ1) is 9.77. The van der Waals surface area contributed by atoms with Crippen LogP contribution in [0.2, 0.25) is 0 Å². The van der Waals surface area contributed by atoms with Crippen LogP contribution in [0.4, 0.5) is 4.79 Å². The Morgan fingerprint density at radius 3 is 2.29 bits per heavy atom. The predicted octanol–water partition coefficient (Wildman–Crippen LogP) is 0.810. The van der Waals surface area contributed by atoms with Crippen LogP contribution in [0.1, 0.15) is 20.8 Å². The van der Waals surface area contributed by atoms with Gasteiger partial charge in [0.1, 0.15) is 5.60 Å². The summed E-state index contributed by atoms with van der Waals surface area (Å²) in [4.78, 5) is 13.4. The van der Waals surface area contributed by atoms with Gasteiger partial charge in [-0.25, -0.2) is 4.79 Å². The van der Waals surface area contributed by atoms with E-state index in [4.69, 9.17) is 10.5 Å². The van der Waals surface area contributed by atoms with Crippen LogP contribution in [0.15, 0.2) is 0 Å². The molecule has 1 amide bonds. The highest BCUT2D eigenvalue weighted by molar-refractivity contribution is 5.69. The van der Waals surface area contributed by atoms with Crippen molar-refractivity contribution in [2.24, 2.45) is 17.6 Å². The zero-order chi connectivity index (χ0) is 10.5. The molecule has 1 saturated heterocycles. The van der Waals surface area contributed by atoms with E-state index in [9.17, 15) is 4.79 Å². The molecule has 0 spiro atoms. The molecule has 14 heavy (non-hydrogen) atoms. The van der Waals surface area contributed by atoms with Crippen molar-refractivity contribution in [3.05, 3.63) is 0 Å². The molecule has 1 saturated carbocycles. The summed E-state index contributed by atoms with van der Waals surface area (Å²) < 4.78 is 5.27. The molecular formula is C10H18N2O2. The van der Waals surface area contributed by atoms with Crippen molar-refractivity contribution in [2.45, 2.75) is 32.4 Å². The van der Waals surface area contributed by atoms with Gasteiger partial charge in [0.05, 0.1) is 0 Å². The lowest BCUT2D eigenvalue weighted by atomic mass is 10.2. The number of piperidine rings is 1. The van der Waals surface area contributed by atoms with E-state index in [1.807, 2.05) is 20.8 Å². The van der Waals surface area contributed by atoms with Gasteiger partial charge in [-0.05, 0) is 32.6 Å². The van der Waals surface area contributed by atoms with Gasteiger partial charge in [0.15, 0.2) is 0 Å². The number of fused-ring (bicyclic) bond motifs is 1. The number of carbonyl (C=O) groups excluding carboxylic acids is 1. The number of amides is 1. The Morgan fingerprint density at radius 2 is 1.86 bits per heavy atom. The first-order valence-corrected chi connectivity index (χ1v) is 5.12. The average Bonchev–Trinajstić information content (AvgIpc) is 2.47. The van der Waals surface area contributed by atoms with Gasteiger partial charge < -0.3 is 15.4 Å². The minimum Gasteiger partial charge on any atom is -0.444 e. The van der Waals surface area contributed by atoms with Crippen LogP contribution in [0, 0.1) is 11.8 Å². The van der Waals surface area contributed by atoms with E-state index in [1.54, 1.807) is 4.90 Å². The molecule has 2 N–H and O–H groups in total. The smallest absolute Gasteiger partial charge is 0.410 e. The maximum absolute atomic E-state index is 11.6. The number of carbonyl (C=O) groups is 1. The molecule has 0 aromatic heterocycles. The van der Waals surface area contributed by atoms with E-state index in [1.165, 1.54) is 0 Å². The molecule has 80 valence electrons. The molecular weight excluding hydrogens is 180 g/mol. The molecule has 0 radical (unpaired) electrons. The molecule has 0 bridgehead atoms. The number of ether oxygens (including phenoxy) is 1. The Hall–Kier alpha value is -0.770. The van der Waals surface area contributed by atoms with Gasteiger partial charge >= 0.3 is 6.09 Å². The van der Waals surface area contributed by atoms with Gasteiger partial charge in [-0.3, -0.25) is 0 Å². The van der Waals surface area contributed by atoms with Gasteiger partial charge in [0.2, 0.25) is 0 Å². The van der Waals surface area contributed by atoms with Crippen LogP contribution in [0.3, 0.4) is 0 Å². The van der Waals surface area contributed by atoms with E-state index in [0.29, 0.717) is 17.9 Å². The maximum atomic E-state index is 11.6. The van der Waals surface area contributed by atoms with E-state index in [2.05, 4.69) is 0 Å². The van der Waals surface area contributed by atoms with E-state index in [0.717, 1.165) is 13.1 Å². The molecule has 0 aromatic carbocycles. The van der Waals surface area contributed by atoms with Crippen molar-refractivity contribution in [3.63, 3.8) is 0 Å². The Morgan fingerprint density at radius 1 is 1.36 bits per heavy atom. The second kappa shape index (κ2) is 2.86. The first-order chi connectivity index (χ1) is 6.38. The third kappa shape index (κ3) is 1.71. The van der Waals surface area contributed by atoms with Crippen molar-refractivity contribution < 1.29 is 9.53 Å². The molecule has 3 atom stereocenters. The summed E-state index contributed by atoms with van der Waals surface area (Å²) in [5.74, 6) is 1.06. The van der Waals surface area contributed by atoms with Crippen LogP contribution in [0.25, 0.3) is 0 Å². The Labute approximate surface area is 84.4 Å². The van der Waals surface area contributed by atoms with Crippen molar-refractivity contribution in [2.75, 3.05) is 13.1 Å². The molecule has 4 nitrogen and oxygen atoms in total. The van der Waals surface area contributed by atoms with Gasteiger partial charge in [-0.2, -0.15) is 0 Å². The number of rotatable bonds is 0. The summed E-state index contributed by atoms with van der Waals surface area (Å²) in [6.45, 7) is 7.20. The third-order valence-corrected chi connectivity index (χ3v) is 2.91. The lowest BCUT2D eigenvalue weighted by Crippen LogP contribution is -2.38. The highest BCUT2D eigenvalue weighted by Crippen LogP contribution is 2.43. The van der Waals surface area contributed by atoms with Gasteiger partial charge in [0.25, 0.3) is 0 Å². The molecule has 4 heteroatoms. The summed E-state index contributed by atoms with van der Waals surface area (Å²) >= 11 is 0. The van der Waals surface area contributed by atoms with Crippen LogP contribution in [0.5, 0.6) is 0 Å². The van der Waals surface area contributed by atoms with Gasteiger partial charge in [0, 0.05) is 19.1 Å². The quantitative estimate of drug-likeness (QED) is 0.626. The highest BCUT2D eigenvalue weighted by atomic mass is 16.6. The maximum Gasteiger partial charge on any atom is 0.410 e. The molecule has 2 rings (SSSR count). The number of nitrogens with two attached hydrogens (primary N) is 1. The Bertz CT molecular complexity index is 247. The minimum atomic E-state index is -0.397. The molecule has 2 fully saturated rings. The van der Waals surface area contributed by atoms with E-state index >= 15 is 0 Å². The average molecular weight is 198 g/mol. The Kier molecular flexibility index (Phi) is 2.00. The minimum absolute atomic E-state index is 0.197. The lowest BCUT2D eigenvalue weighted by molar-refractivity contribution is 0.0271.